The van der Waals surface area contributed by atoms with Crippen molar-refractivity contribution in [3.05, 3.63) is 88.9 Å². The Labute approximate surface area is 186 Å². The van der Waals surface area contributed by atoms with E-state index in [1.807, 2.05) is 58.6 Å². The Balaban J connectivity index is 1.40. The molecule has 4 heterocycles. The van der Waals surface area contributed by atoms with Crippen LogP contribution in [0, 0.1) is 0 Å². The molecule has 1 unspecified atom stereocenters. The molecule has 0 aliphatic carbocycles. The lowest BCUT2D eigenvalue weighted by Crippen LogP contribution is -2.33. The third-order valence-electron chi connectivity index (χ3n) is 5.10. The number of anilines is 1. The van der Waals surface area contributed by atoms with Gasteiger partial charge in [-0.1, -0.05) is 24.3 Å². The number of nitrogens with one attached hydrogen (secondary N) is 1. The lowest BCUT2D eigenvalue weighted by molar-refractivity contribution is -0.119. The minimum absolute atomic E-state index is 0.340. The van der Waals surface area contributed by atoms with Gasteiger partial charge in [-0.05, 0) is 42.0 Å². The van der Waals surface area contributed by atoms with Gasteiger partial charge >= 0.3 is 0 Å². The zero-order valence-electron chi connectivity index (χ0n) is 17.0. The second kappa shape index (κ2) is 8.20. The number of hydrogen-bond donors (Lipinski definition) is 1. The normalized spacial score (nSPS) is 12.0. The maximum Gasteiger partial charge on any atom is 0.267 e. The van der Waals surface area contributed by atoms with Crippen molar-refractivity contribution in [2.24, 2.45) is 0 Å². The van der Waals surface area contributed by atoms with Crippen LogP contribution in [-0.4, -0.2) is 30.2 Å². The third kappa shape index (κ3) is 3.69. The van der Waals surface area contributed by atoms with Gasteiger partial charge in [-0.15, -0.1) is 11.3 Å². The zero-order valence-corrected chi connectivity index (χ0v) is 17.9. The number of hydrogen-bond acceptors (Lipinski definition) is 6. The number of nitrogens with zero attached hydrogens (tertiary/aromatic N) is 5. The number of amides is 1. The van der Waals surface area contributed by atoms with Gasteiger partial charge in [-0.3, -0.25) is 9.59 Å². The number of carbonyl (C=O) groups excluding carboxylic acids is 1. The Morgan fingerprint density at radius 1 is 1.06 bits per heavy atom. The minimum atomic E-state index is -0.826. The molecule has 8 nitrogen and oxygen atoms in total. The first kappa shape index (κ1) is 19.8. The standard InChI is InChI=1S/C23H18N6O2S/c1-15(29-22(30)9-8-17(27-29)19-7-4-12-32-19)23(31)26-20-13-21(25-14-24-20)28-11-10-16-5-2-3-6-18(16)28/h2-15H,1H3,(H,24,25,26,31). The second-order valence-electron chi connectivity index (χ2n) is 7.15. The Hall–Kier alpha value is -4.11. The van der Waals surface area contributed by atoms with Gasteiger partial charge < -0.3 is 9.88 Å². The highest BCUT2D eigenvalue weighted by molar-refractivity contribution is 7.13. The molecule has 5 aromatic rings. The number of carbonyl (C=O) groups is 1. The van der Waals surface area contributed by atoms with Crippen molar-refractivity contribution in [3.63, 3.8) is 0 Å². The van der Waals surface area contributed by atoms with Crippen LogP contribution in [0.4, 0.5) is 5.82 Å². The van der Waals surface area contributed by atoms with E-state index in [4.69, 9.17) is 0 Å². The fourth-order valence-corrected chi connectivity index (χ4v) is 4.12. The fraction of sp³-hybridized carbons (Fsp3) is 0.0870. The van der Waals surface area contributed by atoms with Crippen LogP contribution in [0.15, 0.2) is 83.4 Å². The minimum Gasteiger partial charge on any atom is -0.309 e. The van der Waals surface area contributed by atoms with E-state index in [0.717, 1.165) is 15.8 Å². The predicted octanol–water partition coefficient (Wildman–Crippen LogP) is 3.91. The van der Waals surface area contributed by atoms with E-state index in [1.165, 1.54) is 28.4 Å². The zero-order chi connectivity index (χ0) is 22.1. The topological polar surface area (TPSA) is 94.7 Å². The summed E-state index contributed by atoms with van der Waals surface area (Å²) in [5, 5.41) is 10.2. The number of rotatable bonds is 5. The molecule has 0 bridgehead atoms. The van der Waals surface area contributed by atoms with Gasteiger partial charge in [-0.2, -0.15) is 5.10 Å². The van der Waals surface area contributed by atoms with E-state index >= 15 is 0 Å². The number of benzene rings is 1. The van der Waals surface area contributed by atoms with Crippen LogP contribution >= 0.6 is 11.3 Å². The molecule has 158 valence electrons. The average Bonchev–Trinajstić information content (AvgIpc) is 3.49. The van der Waals surface area contributed by atoms with E-state index in [9.17, 15) is 9.59 Å². The number of thiophene rings is 1. The number of aromatic nitrogens is 5. The maximum absolute atomic E-state index is 12.9. The molecule has 0 fully saturated rings. The monoisotopic (exact) mass is 442 g/mol. The van der Waals surface area contributed by atoms with E-state index < -0.39 is 11.9 Å². The van der Waals surface area contributed by atoms with Crippen molar-refractivity contribution in [3.8, 4) is 16.4 Å². The Kier molecular flexibility index (Phi) is 5.08. The van der Waals surface area contributed by atoms with E-state index in [-0.39, 0.29) is 5.56 Å². The Bertz CT molecular complexity index is 1470. The molecular weight excluding hydrogens is 424 g/mol. The van der Waals surface area contributed by atoms with Crippen molar-refractivity contribution in [1.29, 1.82) is 0 Å². The molecule has 0 aliphatic heterocycles. The fourth-order valence-electron chi connectivity index (χ4n) is 3.43. The summed E-state index contributed by atoms with van der Waals surface area (Å²) in [6, 6.07) is 17.7. The first-order valence-corrected chi connectivity index (χ1v) is 10.8. The molecule has 0 radical (unpaired) electrons. The van der Waals surface area contributed by atoms with E-state index in [2.05, 4.69) is 20.4 Å². The van der Waals surface area contributed by atoms with Crippen molar-refractivity contribution >= 4 is 34.0 Å². The number of para-hydroxylation sites is 1. The summed E-state index contributed by atoms with van der Waals surface area (Å²) in [4.78, 5) is 34.7. The summed E-state index contributed by atoms with van der Waals surface area (Å²) in [7, 11) is 0. The first-order chi connectivity index (χ1) is 15.6. The lowest BCUT2D eigenvalue weighted by Gasteiger charge is -2.14. The summed E-state index contributed by atoms with van der Waals surface area (Å²) in [6.07, 6.45) is 3.31. The van der Waals surface area contributed by atoms with Crippen LogP contribution in [0.2, 0.25) is 0 Å². The highest BCUT2D eigenvalue weighted by Gasteiger charge is 2.19. The first-order valence-electron chi connectivity index (χ1n) is 9.93. The second-order valence-corrected chi connectivity index (χ2v) is 8.10. The molecule has 0 saturated carbocycles. The highest BCUT2D eigenvalue weighted by Crippen LogP contribution is 2.22. The van der Waals surface area contributed by atoms with Crippen LogP contribution in [0.25, 0.3) is 27.3 Å². The molecule has 9 heteroatoms. The van der Waals surface area contributed by atoms with Crippen LogP contribution in [0.3, 0.4) is 0 Å². The molecule has 5 rings (SSSR count). The van der Waals surface area contributed by atoms with Gasteiger partial charge in [0.25, 0.3) is 5.56 Å². The number of fused-ring (bicyclic) bond motifs is 1. The van der Waals surface area contributed by atoms with Crippen LogP contribution in [-0.2, 0) is 4.79 Å². The van der Waals surface area contributed by atoms with Gasteiger partial charge in [0, 0.05) is 18.3 Å². The molecule has 1 atom stereocenters. The molecule has 1 aromatic carbocycles. The Morgan fingerprint density at radius 3 is 2.78 bits per heavy atom. The van der Waals surface area contributed by atoms with Crippen LogP contribution in [0.5, 0.6) is 0 Å². The summed E-state index contributed by atoms with van der Waals surface area (Å²) >= 11 is 1.52. The summed E-state index contributed by atoms with van der Waals surface area (Å²) in [5.74, 6) is 0.566. The largest absolute Gasteiger partial charge is 0.309 e. The average molecular weight is 443 g/mol. The lowest BCUT2D eigenvalue weighted by atomic mass is 10.2. The molecule has 4 aromatic heterocycles. The summed E-state index contributed by atoms with van der Waals surface area (Å²) in [5.41, 5.74) is 1.29. The van der Waals surface area contributed by atoms with E-state index in [1.54, 1.807) is 19.1 Å². The van der Waals surface area contributed by atoms with Gasteiger partial charge in [0.05, 0.1) is 10.4 Å². The van der Waals surface area contributed by atoms with Crippen LogP contribution < -0.4 is 10.9 Å². The van der Waals surface area contributed by atoms with Crippen molar-refractivity contribution < 1.29 is 4.79 Å². The molecule has 0 aliphatic rings. The van der Waals surface area contributed by atoms with Gasteiger partial charge in [0.1, 0.15) is 29.7 Å². The quantitative estimate of drug-likeness (QED) is 0.445. The summed E-state index contributed by atoms with van der Waals surface area (Å²) in [6.45, 7) is 1.63. The van der Waals surface area contributed by atoms with E-state index in [0.29, 0.717) is 17.3 Å². The SMILES string of the molecule is CC(C(=O)Nc1cc(-n2ccc3ccccc32)ncn1)n1nc(-c2cccs2)ccc1=O. The predicted molar refractivity (Wildman–Crippen MR) is 124 cm³/mol. The van der Waals surface area contributed by atoms with Crippen molar-refractivity contribution in [2.45, 2.75) is 13.0 Å². The maximum atomic E-state index is 12.9. The highest BCUT2D eigenvalue weighted by atomic mass is 32.1. The van der Waals surface area contributed by atoms with Gasteiger partial charge in [-0.25, -0.2) is 14.6 Å². The Morgan fingerprint density at radius 2 is 1.94 bits per heavy atom. The molecule has 0 spiro atoms. The van der Waals surface area contributed by atoms with Crippen molar-refractivity contribution in [1.82, 2.24) is 24.3 Å². The molecular formula is C23H18N6O2S. The smallest absolute Gasteiger partial charge is 0.267 e. The van der Waals surface area contributed by atoms with Crippen molar-refractivity contribution in [2.75, 3.05) is 5.32 Å². The molecule has 1 N–H and O–H groups in total. The third-order valence-corrected chi connectivity index (χ3v) is 5.99. The summed E-state index contributed by atoms with van der Waals surface area (Å²) < 4.78 is 3.11. The molecule has 32 heavy (non-hydrogen) atoms. The van der Waals surface area contributed by atoms with Gasteiger partial charge in [0.2, 0.25) is 5.91 Å². The van der Waals surface area contributed by atoms with Crippen LogP contribution in [0.1, 0.15) is 13.0 Å². The molecule has 1 amide bonds. The molecule has 0 saturated heterocycles. The van der Waals surface area contributed by atoms with Gasteiger partial charge in [0.15, 0.2) is 0 Å².